The Balaban J connectivity index is 2.89. The molecule has 1 unspecified atom stereocenters. The zero-order valence-electron chi connectivity index (χ0n) is 7.54. The normalized spacial score (nSPS) is 14.0. The Morgan fingerprint density at radius 3 is 2.36 bits per heavy atom. The Morgan fingerprint density at radius 1 is 1.36 bits per heavy atom. The number of alkyl halides is 3. The van der Waals surface area contributed by atoms with Crippen molar-refractivity contribution in [2.24, 2.45) is 0 Å². The molecule has 0 saturated heterocycles. The van der Waals surface area contributed by atoms with Crippen molar-refractivity contribution in [2.45, 2.75) is 19.1 Å². The summed E-state index contributed by atoms with van der Waals surface area (Å²) < 4.78 is 37.4. The molecule has 0 aliphatic heterocycles. The van der Waals surface area contributed by atoms with Gasteiger partial charge in [-0.1, -0.05) is 6.92 Å². The van der Waals surface area contributed by atoms with E-state index in [1.807, 2.05) is 0 Å². The Labute approximate surface area is 79.4 Å². The van der Waals surface area contributed by atoms with Crippen molar-refractivity contribution < 1.29 is 13.2 Å². The topological polar surface area (TPSA) is 37.8 Å². The second-order valence-electron chi connectivity index (χ2n) is 2.70. The van der Waals surface area contributed by atoms with E-state index in [1.54, 1.807) is 6.92 Å². The minimum Gasteiger partial charge on any atom is -0.303 e. The van der Waals surface area contributed by atoms with Crippen molar-refractivity contribution in [3.05, 3.63) is 24.3 Å². The summed E-state index contributed by atoms with van der Waals surface area (Å²) in [5, 5.41) is 2.33. The number of hydrogen-bond acceptors (Lipinski definition) is 3. The lowest BCUT2D eigenvalue weighted by Gasteiger charge is -2.20. The van der Waals surface area contributed by atoms with E-state index in [4.69, 9.17) is 0 Å². The maximum atomic E-state index is 12.5. The summed E-state index contributed by atoms with van der Waals surface area (Å²) in [6, 6.07) is -1.69. The lowest BCUT2D eigenvalue weighted by molar-refractivity contribution is -0.157. The van der Waals surface area contributed by atoms with Gasteiger partial charge < -0.3 is 5.32 Å². The molecule has 0 amide bonds. The van der Waals surface area contributed by atoms with Gasteiger partial charge in [0.1, 0.15) is 12.4 Å². The minimum absolute atomic E-state index is 0.0295. The molecule has 1 aromatic rings. The summed E-state index contributed by atoms with van der Waals surface area (Å²) in [5.41, 5.74) is 0.0295. The SMILES string of the molecule is CCNC(c1cncnc1)C(F)(F)F. The molecule has 0 spiro atoms. The summed E-state index contributed by atoms with van der Waals surface area (Å²) in [4.78, 5) is 7.10. The summed E-state index contributed by atoms with van der Waals surface area (Å²) in [7, 11) is 0. The fourth-order valence-corrected chi connectivity index (χ4v) is 1.09. The van der Waals surface area contributed by atoms with Crippen molar-refractivity contribution in [3.63, 3.8) is 0 Å². The van der Waals surface area contributed by atoms with Crippen molar-refractivity contribution in [1.82, 2.24) is 15.3 Å². The Bertz CT molecular complexity index is 273. The van der Waals surface area contributed by atoms with Gasteiger partial charge in [0.2, 0.25) is 0 Å². The molecule has 0 aromatic carbocycles. The number of halogens is 3. The first-order chi connectivity index (χ1) is 6.55. The van der Waals surface area contributed by atoms with Crippen LogP contribution in [0.3, 0.4) is 0 Å². The van der Waals surface area contributed by atoms with Crippen LogP contribution in [0.2, 0.25) is 0 Å². The third kappa shape index (κ3) is 2.66. The van der Waals surface area contributed by atoms with Crippen LogP contribution in [0.25, 0.3) is 0 Å². The van der Waals surface area contributed by atoms with Crippen molar-refractivity contribution in [1.29, 1.82) is 0 Å². The Kier molecular flexibility index (Phi) is 3.40. The minimum atomic E-state index is -4.32. The first-order valence-electron chi connectivity index (χ1n) is 4.10. The highest BCUT2D eigenvalue weighted by Gasteiger charge is 2.40. The summed E-state index contributed by atoms with van der Waals surface area (Å²) in [6.45, 7) is 1.85. The highest BCUT2D eigenvalue weighted by molar-refractivity contribution is 5.11. The molecule has 0 saturated carbocycles. The molecule has 1 N–H and O–H groups in total. The molecule has 14 heavy (non-hydrogen) atoms. The number of hydrogen-bond donors (Lipinski definition) is 1. The van der Waals surface area contributed by atoms with Gasteiger partial charge in [0.15, 0.2) is 0 Å². The highest BCUT2D eigenvalue weighted by atomic mass is 19.4. The molecule has 1 rings (SSSR count). The number of aromatic nitrogens is 2. The second kappa shape index (κ2) is 4.36. The van der Waals surface area contributed by atoms with Gasteiger partial charge >= 0.3 is 6.18 Å². The Morgan fingerprint density at radius 2 is 1.93 bits per heavy atom. The van der Waals surface area contributed by atoms with Crippen LogP contribution in [0.4, 0.5) is 13.2 Å². The molecule has 3 nitrogen and oxygen atoms in total. The van der Waals surface area contributed by atoms with E-state index in [0.717, 1.165) is 12.4 Å². The van der Waals surface area contributed by atoms with Gasteiger partial charge in [0.05, 0.1) is 0 Å². The van der Waals surface area contributed by atoms with Crippen molar-refractivity contribution in [2.75, 3.05) is 6.54 Å². The summed E-state index contributed by atoms with van der Waals surface area (Å²) in [6.07, 6.45) is -0.800. The van der Waals surface area contributed by atoms with Crippen LogP contribution in [0.15, 0.2) is 18.7 Å². The molecule has 0 bridgehead atoms. The fraction of sp³-hybridized carbons (Fsp3) is 0.500. The van der Waals surface area contributed by atoms with Crippen molar-refractivity contribution in [3.8, 4) is 0 Å². The number of rotatable bonds is 3. The van der Waals surface area contributed by atoms with Crippen LogP contribution < -0.4 is 5.32 Å². The van der Waals surface area contributed by atoms with E-state index in [2.05, 4.69) is 15.3 Å². The van der Waals surface area contributed by atoms with E-state index < -0.39 is 12.2 Å². The first-order valence-corrected chi connectivity index (χ1v) is 4.10. The van der Waals surface area contributed by atoms with E-state index in [0.29, 0.717) is 0 Å². The molecule has 0 fully saturated rings. The smallest absolute Gasteiger partial charge is 0.303 e. The number of nitrogens with zero attached hydrogens (tertiary/aromatic N) is 2. The molecular formula is C8H10F3N3. The van der Waals surface area contributed by atoms with Crippen LogP contribution in [0.5, 0.6) is 0 Å². The summed E-state index contributed by atoms with van der Waals surface area (Å²) >= 11 is 0. The molecule has 78 valence electrons. The lowest BCUT2D eigenvalue weighted by atomic mass is 10.1. The quantitative estimate of drug-likeness (QED) is 0.815. The predicted octanol–water partition coefficient (Wildman–Crippen LogP) is 1.69. The van der Waals surface area contributed by atoms with Crippen LogP contribution in [0.1, 0.15) is 18.5 Å². The van der Waals surface area contributed by atoms with Crippen LogP contribution in [0, 0.1) is 0 Å². The second-order valence-corrected chi connectivity index (χ2v) is 2.70. The average Bonchev–Trinajstić information content (AvgIpc) is 2.14. The largest absolute Gasteiger partial charge is 0.408 e. The lowest BCUT2D eigenvalue weighted by Crippen LogP contribution is -2.34. The van der Waals surface area contributed by atoms with Gasteiger partial charge in [-0.05, 0) is 6.54 Å². The molecular weight excluding hydrogens is 195 g/mol. The molecule has 6 heteroatoms. The van der Waals surface area contributed by atoms with Gasteiger partial charge in [-0.15, -0.1) is 0 Å². The fourth-order valence-electron chi connectivity index (χ4n) is 1.09. The maximum absolute atomic E-state index is 12.5. The first kappa shape index (κ1) is 10.9. The van der Waals surface area contributed by atoms with Gasteiger partial charge in [-0.2, -0.15) is 13.2 Å². The van der Waals surface area contributed by atoms with E-state index in [9.17, 15) is 13.2 Å². The molecule has 1 aromatic heterocycles. The zero-order valence-corrected chi connectivity index (χ0v) is 7.54. The molecule has 0 aliphatic rings. The average molecular weight is 205 g/mol. The van der Waals surface area contributed by atoms with Gasteiger partial charge in [0.25, 0.3) is 0 Å². The zero-order chi connectivity index (χ0) is 10.6. The van der Waals surface area contributed by atoms with Gasteiger partial charge in [0, 0.05) is 18.0 Å². The van der Waals surface area contributed by atoms with E-state index >= 15 is 0 Å². The van der Waals surface area contributed by atoms with Gasteiger partial charge in [-0.3, -0.25) is 0 Å². The number of nitrogens with one attached hydrogen (secondary N) is 1. The van der Waals surface area contributed by atoms with Gasteiger partial charge in [-0.25, -0.2) is 9.97 Å². The monoisotopic (exact) mass is 205 g/mol. The molecule has 1 atom stereocenters. The highest BCUT2D eigenvalue weighted by Crippen LogP contribution is 2.31. The van der Waals surface area contributed by atoms with Crippen LogP contribution in [-0.4, -0.2) is 22.7 Å². The molecule has 1 heterocycles. The van der Waals surface area contributed by atoms with E-state index in [1.165, 1.54) is 6.33 Å². The van der Waals surface area contributed by atoms with E-state index in [-0.39, 0.29) is 12.1 Å². The molecule has 0 radical (unpaired) electrons. The third-order valence-corrected chi connectivity index (χ3v) is 1.65. The predicted molar refractivity (Wildman–Crippen MR) is 44.5 cm³/mol. The maximum Gasteiger partial charge on any atom is 0.408 e. The summed E-state index contributed by atoms with van der Waals surface area (Å²) in [5.74, 6) is 0. The standard InChI is InChI=1S/C8H10F3N3/c1-2-14-7(8(9,10)11)6-3-12-5-13-4-6/h3-5,7,14H,2H2,1H3. The molecule has 0 aliphatic carbocycles. The van der Waals surface area contributed by atoms with Crippen LogP contribution in [-0.2, 0) is 0 Å². The third-order valence-electron chi connectivity index (χ3n) is 1.65. The van der Waals surface area contributed by atoms with Crippen LogP contribution >= 0.6 is 0 Å². The van der Waals surface area contributed by atoms with Crippen molar-refractivity contribution >= 4 is 0 Å². The Hall–Kier alpha value is -1.17.